The highest BCUT2D eigenvalue weighted by atomic mass is 79.9. The zero-order valence-corrected chi connectivity index (χ0v) is 19.1. The summed E-state index contributed by atoms with van der Waals surface area (Å²) in [5, 5.41) is 2.88. The van der Waals surface area contributed by atoms with Crippen molar-refractivity contribution in [1.29, 1.82) is 0 Å². The van der Waals surface area contributed by atoms with Crippen molar-refractivity contribution in [2.75, 3.05) is 13.2 Å². The van der Waals surface area contributed by atoms with Crippen molar-refractivity contribution in [1.82, 2.24) is 10.2 Å². The van der Waals surface area contributed by atoms with Crippen LogP contribution < -0.4 is 10.1 Å². The van der Waals surface area contributed by atoms with E-state index in [-0.39, 0.29) is 18.4 Å². The number of nitrogens with zero attached hydrogens (tertiary/aromatic N) is 1. The zero-order chi connectivity index (χ0) is 21.4. The smallest absolute Gasteiger partial charge is 0.261 e. The topological polar surface area (TPSA) is 58.6 Å². The second-order valence-electron chi connectivity index (χ2n) is 7.11. The molecule has 0 aliphatic carbocycles. The lowest BCUT2D eigenvalue weighted by atomic mass is 10.1. The number of carbonyl (C=O) groups is 2. The third kappa shape index (κ3) is 6.60. The van der Waals surface area contributed by atoms with E-state index in [1.54, 1.807) is 11.8 Å². The Kier molecular flexibility index (Phi) is 8.70. The lowest BCUT2D eigenvalue weighted by Crippen LogP contribution is -2.49. The number of halogens is 1. The molecule has 0 bridgehead atoms. The van der Waals surface area contributed by atoms with Crippen molar-refractivity contribution in [2.24, 2.45) is 0 Å². The van der Waals surface area contributed by atoms with E-state index in [0.717, 1.165) is 27.6 Å². The van der Waals surface area contributed by atoms with Crippen LogP contribution in [0.15, 0.2) is 46.9 Å². The first-order chi connectivity index (χ1) is 13.8. The Morgan fingerprint density at radius 1 is 1.14 bits per heavy atom. The minimum absolute atomic E-state index is 0.127. The Morgan fingerprint density at radius 3 is 2.52 bits per heavy atom. The van der Waals surface area contributed by atoms with Crippen LogP contribution in [-0.2, 0) is 16.1 Å². The van der Waals surface area contributed by atoms with E-state index in [0.29, 0.717) is 18.8 Å². The van der Waals surface area contributed by atoms with Gasteiger partial charge < -0.3 is 15.0 Å². The van der Waals surface area contributed by atoms with Gasteiger partial charge in [0.25, 0.3) is 5.91 Å². The Morgan fingerprint density at radius 2 is 1.86 bits per heavy atom. The van der Waals surface area contributed by atoms with Gasteiger partial charge >= 0.3 is 0 Å². The van der Waals surface area contributed by atoms with Crippen molar-refractivity contribution in [3.05, 3.63) is 63.6 Å². The number of hydrogen-bond donors (Lipinski definition) is 1. The summed E-state index contributed by atoms with van der Waals surface area (Å²) in [6.45, 7) is 8.53. The van der Waals surface area contributed by atoms with E-state index in [1.165, 1.54) is 0 Å². The molecule has 0 aliphatic rings. The minimum Gasteiger partial charge on any atom is -0.484 e. The van der Waals surface area contributed by atoms with E-state index < -0.39 is 6.04 Å². The number of amides is 2. The molecule has 6 heteroatoms. The van der Waals surface area contributed by atoms with Crippen LogP contribution >= 0.6 is 15.9 Å². The standard InChI is InChI=1S/C23H29BrN2O3/c1-5-12-25-23(28)18(4)26(14-19-9-7-6-8-16(19)2)22(27)15-29-20-10-11-21(24)17(3)13-20/h6-11,13,18H,5,12,14-15H2,1-4H3,(H,25,28)/t18-/m0/s1. The molecule has 0 heterocycles. The molecule has 0 aliphatic heterocycles. The summed E-state index contributed by atoms with van der Waals surface area (Å²) in [5.41, 5.74) is 3.12. The second-order valence-corrected chi connectivity index (χ2v) is 7.97. The van der Waals surface area contributed by atoms with Crippen molar-refractivity contribution >= 4 is 27.7 Å². The molecule has 5 nitrogen and oxygen atoms in total. The minimum atomic E-state index is -0.594. The first kappa shape index (κ1) is 22.9. The number of nitrogens with one attached hydrogen (secondary N) is 1. The van der Waals surface area contributed by atoms with Crippen LogP contribution in [0.4, 0.5) is 0 Å². The number of carbonyl (C=O) groups excluding carboxylic acids is 2. The van der Waals surface area contributed by atoms with Gasteiger partial charge in [-0.1, -0.05) is 47.1 Å². The van der Waals surface area contributed by atoms with Crippen LogP contribution in [0.2, 0.25) is 0 Å². The number of aryl methyl sites for hydroxylation is 2. The third-order valence-electron chi connectivity index (χ3n) is 4.81. The molecular weight excluding hydrogens is 432 g/mol. The number of benzene rings is 2. The molecule has 2 aromatic carbocycles. The first-order valence-corrected chi connectivity index (χ1v) is 10.6. The highest BCUT2D eigenvalue weighted by molar-refractivity contribution is 9.10. The van der Waals surface area contributed by atoms with Gasteiger partial charge in [-0.25, -0.2) is 0 Å². The predicted octanol–water partition coefficient (Wildman–Crippen LogP) is 4.39. The largest absolute Gasteiger partial charge is 0.484 e. The van der Waals surface area contributed by atoms with Gasteiger partial charge in [-0.2, -0.15) is 0 Å². The van der Waals surface area contributed by atoms with E-state index in [2.05, 4.69) is 21.2 Å². The zero-order valence-electron chi connectivity index (χ0n) is 17.5. The maximum Gasteiger partial charge on any atom is 0.261 e. The highest BCUT2D eigenvalue weighted by Crippen LogP contribution is 2.22. The SMILES string of the molecule is CCCNC(=O)[C@H](C)N(Cc1ccccc1C)C(=O)COc1ccc(Br)c(C)c1. The van der Waals surface area contributed by atoms with Gasteiger partial charge in [-0.3, -0.25) is 9.59 Å². The maximum atomic E-state index is 13.0. The molecule has 2 aromatic rings. The molecule has 0 saturated carbocycles. The predicted molar refractivity (Wildman–Crippen MR) is 119 cm³/mol. The summed E-state index contributed by atoms with van der Waals surface area (Å²) >= 11 is 3.46. The van der Waals surface area contributed by atoms with Gasteiger partial charge in [0.1, 0.15) is 11.8 Å². The fourth-order valence-corrected chi connectivity index (χ4v) is 3.13. The number of rotatable bonds is 9. The van der Waals surface area contributed by atoms with E-state index in [9.17, 15) is 9.59 Å². The van der Waals surface area contributed by atoms with Crippen LogP contribution in [0.5, 0.6) is 5.75 Å². The van der Waals surface area contributed by atoms with E-state index in [1.807, 2.05) is 63.2 Å². The molecule has 1 N–H and O–H groups in total. The maximum absolute atomic E-state index is 13.0. The van der Waals surface area contributed by atoms with Crippen LogP contribution in [0.25, 0.3) is 0 Å². The Labute approximate surface area is 181 Å². The van der Waals surface area contributed by atoms with Gasteiger partial charge in [-0.05, 0) is 62.1 Å². The Balaban J connectivity index is 2.15. The van der Waals surface area contributed by atoms with Gasteiger partial charge in [0.2, 0.25) is 5.91 Å². The molecule has 0 fully saturated rings. The molecule has 1 atom stereocenters. The number of hydrogen-bond acceptors (Lipinski definition) is 3. The monoisotopic (exact) mass is 460 g/mol. The Hall–Kier alpha value is -2.34. The molecular formula is C23H29BrN2O3. The van der Waals surface area contributed by atoms with Crippen molar-refractivity contribution < 1.29 is 14.3 Å². The molecule has 29 heavy (non-hydrogen) atoms. The normalized spacial score (nSPS) is 11.6. The Bertz CT molecular complexity index is 854. The molecule has 156 valence electrons. The average molecular weight is 461 g/mol. The van der Waals surface area contributed by atoms with Crippen molar-refractivity contribution in [2.45, 2.75) is 46.7 Å². The summed E-state index contributed by atoms with van der Waals surface area (Å²) in [5.74, 6) is 0.235. The summed E-state index contributed by atoms with van der Waals surface area (Å²) < 4.78 is 6.70. The van der Waals surface area contributed by atoms with E-state index in [4.69, 9.17) is 4.74 Å². The van der Waals surface area contributed by atoms with Crippen molar-refractivity contribution in [3.8, 4) is 5.75 Å². The summed E-state index contributed by atoms with van der Waals surface area (Å²) in [7, 11) is 0. The fourth-order valence-electron chi connectivity index (χ4n) is 2.88. The lowest BCUT2D eigenvalue weighted by Gasteiger charge is -2.29. The van der Waals surface area contributed by atoms with Gasteiger partial charge in [0.15, 0.2) is 6.61 Å². The fraction of sp³-hybridized carbons (Fsp3) is 0.391. The molecule has 0 saturated heterocycles. The highest BCUT2D eigenvalue weighted by Gasteiger charge is 2.26. The van der Waals surface area contributed by atoms with Gasteiger partial charge in [0.05, 0.1) is 0 Å². The molecule has 0 aromatic heterocycles. The second kappa shape index (κ2) is 11.0. The summed E-state index contributed by atoms with van der Waals surface area (Å²) in [6.07, 6.45) is 0.843. The van der Waals surface area contributed by atoms with Gasteiger partial charge in [0, 0.05) is 17.6 Å². The van der Waals surface area contributed by atoms with Crippen LogP contribution in [0.3, 0.4) is 0 Å². The summed E-state index contributed by atoms with van der Waals surface area (Å²) in [6, 6.07) is 12.9. The molecule has 2 rings (SSSR count). The molecule has 0 unspecified atom stereocenters. The molecule has 0 radical (unpaired) electrons. The summed E-state index contributed by atoms with van der Waals surface area (Å²) in [4.78, 5) is 27.1. The van der Waals surface area contributed by atoms with Crippen molar-refractivity contribution in [3.63, 3.8) is 0 Å². The average Bonchev–Trinajstić information content (AvgIpc) is 2.71. The first-order valence-electron chi connectivity index (χ1n) is 9.84. The van der Waals surface area contributed by atoms with E-state index >= 15 is 0 Å². The third-order valence-corrected chi connectivity index (χ3v) is 5.70. The van der Waals surface area contributed by atoms with Gasteiger partial charge in [-0.15, -0.1) is 0 Å². The van der Waals surface area contributed by atoms with Crippen LogP contribution in [0.1, 0.15) is 37.0 Å². The number of ether oxygens (including phenoxy) is 1. The van der Waals surface area contributed by atoms with Crippen LogP contribution in [0, 0.1) is 13.8 Å². The quantitative estimate of drug-likeness (QED) is 0.603. The lowest BCUT2D eigenvalue weighted by molar-refractivity contribution is -0.142. The molecule has 0 spiro atoms. The molecule has 2 amide bonds. The van der Waals surface area contributed by atoms with Crippen LogP contribution in [-0.4, -0.2) is 35.9 Å².